The first kappa shape index (κ1) is 12.1. The Morgan fingerprint density at radius 1 is 1.47 bits per heavy atom. The van der Waals surface area contributed by atoms with Gasteiger partial charge in [-0.3, -0.25) is 4.79 Å². The smallest absolute Gasteiger partial charge is 0.263 e. The zero-order chi connectivity index (χ0) is 11.6. The lowest BCUT2D eigenvalue weighted by molar-refractivity contribution is 0.0967. The van der Waals surface area contributed by atoms with Crippen LogP contribution in [0.15, 0.2) is 18.2 Å². The Balaban J connectivity index is 3.16. The van der Waals surface area contributed by atoms with Crippen molar-refractivity contribution in [3.05, 3.63) is 34.3 Å². The van der Waals surface area contributed by atoms with Crippen molar-refractivity contribution in [3.8, 4) is 0 Å². The summed E-state index contributed by atoms with van der Waals surface area (Å²) in [6, 6.07) is 2.79. The maximum absolute atomic E-state index is 12.4. The molecule has 1 aromatic rings. The summed E-state index contributed by atoms with van der Waals surface area (Å²) >= 11 is 5.72. The number of rotatable bonds is 3. The molecule has 0 bridgehead atoms. The summed E-state index contributed by atoms with van der Waals surface area (Å²) in [4.78, 5) is 11.5. The highest BCUT2D eigenvalue weighted by Crippen LogP contribution is 2.25. The fourth-order valence-electron chi connectivity index (χ4n) is 1.11. The zero-order valence-electron chi connectivity index (χ0n) is 8.01. The summed E-state index contributed by atoms with van der Waals surface area (Å²) in [6.45, 7) is 1.48. The molecule has 0 heterocycles. The van der Waals surface area contributed by atoms with Crippen molar-refractivity contribution in [1.29, 1.82) is 0 Å². The van der Waals surface area contributed by atoms with Gasteiger partial charge in [0.15, 0.2) is 5.78 Å². The van der Waals surface area contributed by atoms with E-state index in [1.807, 2.05) is 0 Å². The van der Waals surface area contributed by atoms with Crippen LogP contribution in [-0.2, 0) is 0 Å². The number of nitrogens with two attached hydrogens (primary N) is 1. The molecule has 0 aliphatic heterocycles. The quantitative estimate of drug-likeness (QED) is 0.816. The Bertz CT molecular complexity index is 380. The van der Waals surface area contributed by atoms with E-state index in [1.54, 1.807) is 0 Å². The van der Waals surface area contributed by atoms with Crippen LogP contribution in [0.1, 0.15) is 29.3 Å². The van der Waals surface area contributed by atoms with E-state index in [0.29, 0.717) is 0 Å². The standard InChI is InChI=1S/C10H10ClF2NO/c1-5(14)9(15)7-4-6(10(12)13)2-3-8(7)11/h2-5,10H,14H2,1H3. The largest absolute Gasteiger partial charge is 0.321 e. The fraction of sp³-hybridized carbons (Fsp3) is 0.300. The molecule has 1 unspecified atom stereocenters. The second kappa shape index (κ2) is 4.68. The van der Waals surface area contributed by atoms with Crippen LogP contribution in [0.2, 0.25) is 5.02 Å². The van der Waals surface area contributed by atoms with Gasteiger partial charge < -0.3 is 5.73 Å². The Morgan fingerprint density at radius 3 is 2.53 bits per heavy atom. The first-order chi connectivity index (χ1) is 6.93. The molecule has 2 N–H and O–H groups in total. The van der Waals surface area contributed by atoms with Crippen LogP contribution in [0.5, 0.6) is 0 Å². The van der Waals surface area contributed by atoms with Gasteiger partial charge in [0.05, 0.1) is 11.1 Å². The lowest BCUT2D eigenvalue weighted by Crippen LogP contribution is -2.27. The monoisotopic (exact) mass is 233 g/mol. The molecule has 0 radical (unpaired) electrons. The molecule has 5 heteroatoms. The number of carbonyl (C=O) groups is 1. The number of ketones is 1. The maximum Gasteiger partial charge on any atom is 0.263 e. The number of carbonyl (C=O) groups excluding carboxylic acids is 1. The molecule has 0 aliphatic rings. The second-order valence-electron chi connectivity index (χ2n) is 3.19. The zero-order valence-corrected chi connectivity index (χ0v) is 8.76. The number of hydrogen-bond donors (Lipinski definition) is 1. The third-order valence-corrected chi connectivity index (χ3v) is 2.25. The Morgan fingerprint density at radius 2 is 2.07 bits per heavy atom. The van der Waals surface area contributed by atoms with Gasteiger partial charge >= 0.3 is 0 Å². The van der Waals surface area contributed by atoms with Gasteiger partial charge in [-0.2, -0.15) is 0 Å². The van der Waals surface area contributed by atoms with Crippen LogP contribution >= 0.6 is 11.6 Å². The molecule has 2 nitrogen and oxygen atoms in total. The highest BCUT2D eigenvalue weighted by Gasteiger charge is 2.17. The molecular formula is C10H10ClF2NO. The molecule has 0 aliphatic carbocycles. The van der Waals surface area contributed by atoms with E-state index in [9.17, 15) is 13.6 Å². The van der Waals surface area contributed by atoms with Crippen LogP contribution in [0.4, 0.5) is 8.78 Å². The molecule has 0 amide bonds. The highest BCUT2D eigenvalue weighted by molar-refractivity contribution is 6.34. The van der Waals surface area contributed by atoms with Gasteiger partial charge in [-0.25, -0.2) is 8.78 Å². The van der Waals surface area contributed by atoms with Gasteiger partial charge in [0.2, 0.25) is 0 Å². The summed E-state index contributed by atoms with van der Waals surface area (Å²) in [5.74, 6) is -0.442. The van der Waals surface area contributed by atoms with Crippen LogP contribution in [0, 0.1) is 0 Å². The molecule has 15 heavy (non-hydrogen) atoms. The molecule has 0 aromatic heterocycles. The minimum atomic E-state index is -2.62. The predicted octanol–water partition coefficient (Wildman–Crippen LogP) is 2.81. The van der Waals surface area contributed by atoms with Crippen molar-refractivity contribution in [2.24, 2.45) is 5.73 Å². The van der Waals surface area contributed by atoms with E-state index in [4.69, 9.17) is 17.3 Å². The molecule has 0 saturated heterocycles. The van der Waals surface area contributed by atoms with Crippen LogP contribution in [0.3, 0.4) is 0 Å². The lowest BCUT2D eigenvalue weighted by atomic mass is 10.0. The minimum Gasteiger partial charge on any atom is -0.321 e. The van der Waals surface area contributed by atoms with Gasteiger partial charge in [0.1, 0.15) is 0 Å². The lowest BCUT2D eigenvalue weighted by Gasteiger charge is -2.08. The number of alkyl halides is 2. The van der Waals surface area contributed by atoms with Crippen molar-refractivity contribution in [2.75, 3.05) is 0 Å². The maximum atomic E-state index is 12.4. The number of hydrogen-bond acceptors (Lipinski definition) is 2. The van der Waals surface area contributed by atoms with Crippen molar-refractivity contribution in [1.82, 2.24) is 0 Å². The molecule has 1 atom stereocenters. The SMILES string of the molecule is CC(N)C(=O)c1cc(C(F)F)ccc1Cl. The molecule has 0 saturated carbocycles. The van der Waals surface area contributed by atoms with E-state index in [-0.39, 0.29) is 16.1 Å². The van der Waals surface area contributed by atoms with Crippen LogP contribution in [-0.4, -0.2) is 11.8 Å². The van der Waals surface area contributed by atoms with E-state index < -0.39 is 18.3 Å². The van der Waals surface area contributed by atoms with Gasteiger partial charge in [-0.15, -0.1) is 0 Å². The second-order valence-corrected chi connectivity index (χ2v) is 3.60. The summed E-state index contributed by atoms with van der Waals surface area (Å²) in [7, 11) is 0. The molecule has 1 rings (SSSR count). The van der Waals surface area contributed by atoms with E-state index in [2.05, 4.69) is 0 Å². The van der Waals surface area contributed by atoms with Crippen molar-refractivity contribution < 1.29 is 13.6 Å². The third-order valence-electron chi connectivity index (χ3n) is 1.92. The number of halogens is 3. The van der Waals surface area contributed by atoms with Gasteiger partial charge in [-0.1, -0.05) is 17.7 Å². The summed E-state index contributed by atoms with van der Waals surface area (Å²) < 4.78 is 24.7. The Hall–Kier alpha value is -1.00. The Kier molecular flexibility index (Phi) is 3.77. The highest BCUT2D eigenvalue weighted by atomic mass is 35.5. The molecule has 1 aromatic carbocycles. The molecule has 0 fully saturated rings. The third kappa shape index (κ3) is 2.73. The minimum absolute atomic E-state index is 0.0458. The Labute approximate surface area is 91.0 Å². The van der Waals surface area contributed by atoms with Crippen molar-refractivity contribution in [2.45, 2.75) is 19.4 Å². The molecule has 82 valence electrons. The molecular weight excluding hydrogens is 224 g/mol. The first-order valence-electron chi connectivity index (χ1n) is 4.31. The fourth-order valence-corrected chi connectivity index (χ4v) is 1.32. The van der Waals surface area contributed by atoms with E-state index in [0.717, 1.165) is 6.07 Å². The van der Waals surface area contributed by atoms with Crippen molar-refractivity contribution in [3.63, 3.8) is 0 Å². The van der Waals surface area contributed by atoms with Gasteiger partial charge in [-0.05, 0) is 19.1 Å². The van der Waals surface area contributed by atoms with Gasteiger partial charge in [0, 0.05) is 11.1 Å². The molecule has 0 spiro atoms. The summed E-state index contributed by atoms with van der Waals surface area (Å²) in [6.07, 6.45) is -2.62. The topological polar surface area (TPSA) is 43.1 Å². The first-order valence-corrected chi connectivity index (χ1v) is 4.68. The van der Waals surface area contributed by atoms with Crippen molar-refractivity contribution >= 4 is 17.4 Å². The van der Waals surface area contributed by atoms with E-state index in [1.165, 1.54) is 19.1 Å². The van der Waals surface area contributed by atoms with Crippen LogP contribution < -0.4 is 5.73 Å². The van der Waals surface area contributed by atoms with Gasteiger partial charge in [0.25, 0.3) is 6.43 Å². The summed E-state index contributed by atoms with van der Waals surface area (Å²) in [5, 5.41) is 0.140. The summed E-state index contributed by atoms with van der Waals surface area (Å²) in [5.41, 5.74) is 5.18. The average molecular weight is 234 g/mol. The average Bonchev–Trinajstić information content (AvgIpc) is 2.16. The number of benzene rings is 1. The number of Topliss-reactive ketones (excluding diaryl/α,β-unsaturated/α-hetero) is 1. The normalized spacial score (nSPS) is 12.9. The van der Waals surface area contributed by atoms with E-state index >= 15 is 0 Å². The van der Waals surface area contributed by atoms with Crippen LogP contribution in [0.25, 0.3) is 0 Å². The predicted molar refractivity (Wildman–Crippen MR) is 54.4 cm³/mol.